The van der Waals surface area contributed by atoms with E-state index in [1.54, 1.807) is 27.4 Å². The molecule has 0 saturated carbocycles. The summed E-state index contributed by atoms with van der Waals surface area (Å²) >= 11 is 0. The molecule has 0 saturated heterocycles. The van der Waals surface area contributed by atoms with Crippen molar-refractivity contribution in [2.45, 2.75) is 6.92 Å². The Morgan fingerprint density at radius 1 is 1.09 bits per heavy atom. The average Bonchev–Trinajstić information content (AvgIpc) is 1.93. The van der Waals surface area contributed by atoms with Gasteiger partial charge in [0.2, 0.25) is 0 Å². The third-order valence-corrected chi connectivity index (χ3v) is 1.50. The molecule has 0 amide bonds. The smallest absolute Gasteiger partial charge is 0.199 e. The second-order valence-corrected chi connectivity index (χ2v) is 2.81. The van der Waals surface area contributed by atoms with Crippen LogP contribution in [0.2, 0.25) is 0 Å². The zero-order valence-corrected chi connectivity index (χ0v) is 10.1. The van der Waals surface area contributed by atoms with E-state index < -0.39 is 8.60 Å². The molecule has 0 aromatic carbocycles. The zero-order valence-electron chi connectivity index (χ0n) is 6.97. The second kappa shape index (κ2) is 16.9. The van der Waals surface area contributed by atoms with Crippen molar-refractivity contribution in [1.82, 2.24) is 0 Å². The second-order valence-electron chi connectivity index (χ2n) is 1.09. The van der Waals surface area contributed by atoms with E-state index >= 15 is 0 Å². The van der Waals surface area contributed by atoms with Crippen LogP contribution in [0.1, 0.15) is 6.92 Å². The first-order chi connectivity index (χ1) is 4.76. The van der Waals surface area contributed by atoms with E-state index in [1.165, 1.54) is 6.92 Å². The monoisotopic (exact) mass is 363 g/mol. The van der Waals surface area contributed by atoms with Gasteiger partial charge in [-0.05, 0) is 0 Å². The number of hydrogen-bond donors (Lipinski definition) is 0. The molecule has 0 aliphatic heterocycles. The van der Waals surface area contributed by atoms with Crippen molar-refractivity contribution in [2.75, 3.05) is 21.3 Å². The van der Waals surface area contributed by atoms with Crippen LogP contribution >= 0.6 is 8.60 Å². The Hall–Kier alpha value is 0.540. The van der Waals surface area contributed by atoms with Gasteiger partial charge in [-0.25, -0.2) is 0 Å². The molecule has 0 aliphatic carbocycles. The molecule has 0 N–H and O–H groups in total. The molecule has 0 heterocycles. The maximum absolute atomic E-state index is 7.32. The Labute approximate surface area is 84.3 Å². The minimum atomic E-state index is -1.36. The molecular formula is C5H13AuNO3P+. The Morgan fingerprint density at radius 2 is 1.27 bits per heavy atom. The number of rotatable bonds is 3. The standard InChI is InChI=1S/C3H10O3P.C2H3N.Au/c1-4-7(5-2)6-3;1-2-3;/h7H,1-3H3;1H3;/q+1;;. The summed E-state index contributed by atoms with van der Waals surface area (Å²) in [4.78, 5) is 0. The van der Waals surface area contributed by atoms with Crippen molar-refractivity contribution in [2.24, 2.45) is 0 Å². The molecule has 6 heteroatoms. The van der Waals surface area contributed by atoms with Gasteiger partial charge in [0.25, 0.3) is 0 Å². The minimum Gasteiger partial charge on any atom is -0.199 e. The van der Waals surface area contributed by atoms with Crippen LogP contribution in [0.4, 0.5) is 0 Å². The van der Waals surface area contributed by atoms with Gasteiger partial charge in [-0.3, -0.25) is 0 Å². The Kier molecular flexibility index (Phi) is 27.0. The fourth-order valence-corrected chi connectivity index (χ4v) is 0.750. The largest absolute Gasteiger partial charge is 0.397 e. The van der Waals surface area contributed by atoms with Gasteiger partial charge in [-0.1, -0.05) is 0 Å². The zero-order chi connectivity index (χ0) is 8.41. The molecule has 0 aliphatic rings. The van der Waals surface area contributed by atoms with Gasteiger partial charge in [-0.2, -0.15) is 18.8 Å². The molecular weight excluding hydrogens is 350 g/mol. The fraction of sp³-hybridized carbons (Fsp3) is 0.800. The average molecular weight is 363 g/mol. The van der Waals surface area contributed by atoms with Crippen LogP contribution in [0, 0.1) is 11.3 Å². The summed E-state index contributed by atoms with van der Waals surface area (Å²) in [6.45, 7) is 1.43. The Balaban J connectivity index is -0.000000140. The molecule has 0 fully saturated rings. The van der Waals surface area contributed by atoms with Crippen LogP contribution in [-0.4, -0.2) is 21.3 Å². The van der Waals surface area contributed by atoms with Gasteiger partial charge in [0.1, 0.15) is 0 Å². The molecule has 0 atom stereocenters. The van der Waals surface area contributed by atoms with Crippen LogP contribution in [0.15, 0.2) is 0 Å². The van der Waals surface area contributed by atoms with Crippen molar-refractivity contribution in [3.8, 4) is 6.07 Å². The van der Waals surface area contributed by atoms with E-state index in [-0.39, 0.29) is 22.4 Å². The maximum atomic E-state index is 7.32. The number of nitriles is 1. The predicted molar refractivity (Wildman–Crippen MR) is 40.6 cm³/mol. The molecule has 0 aromatic rings. The quantitative estimate of drug-likeness (QED) is 0.562. The predicted octanol–water partition coefficient (Wildman–Crippen LogP) is 1.41. The molecule has 71 valence electrons. The van der Waals surface area contributed by atoms with Crippen LogP contribution in [-0.2, 0) is 36.0 Å². The van der Waals surface area contributed by atoms with Crippen molar-refractivity contribution >= 4 is 8.60 Å². The van der Waals surface area contributed by atoms with E-state index in [0.717, 1.165) is 0 Å². The first-order valence-corrected chi connectivity index (χ1v) is 3.79. The van der Waals surface area contributed by atoms with Gasteiger partial charge in [0.15, 0.2) is 0 Å². The SMILES string of the molecule is CC#N.CO[PH+](OC)OC.[Au]. The summed E-state index contributed by atoms with van der Waals surface area (Å²) in [7, 11) is 3.31. The summed E-state index contributed by atoms with van der Waals surface area (Å²) < 4.78 is 14.1. The Morgan fingerprint density at radius 3 is 1.27 bits per heavy atom. The van der Waals surface area contributed by atoms with E-state index in [0.29, 0.717) is 0 Å². The van der Waals surface area contributed by atoms with Crippen molar-refractivity contribution < 1.29 is 36.0 Å². The summed E-state index contributed by atoms with van der Waals surface area (Å²) in [5, 5.41) is 7.32. The third kappa shape index (κ3) is 18.0. The van der Waals surface area contributed by atoms with Gasteiger partial charge >= 0.3 is 8.60 Å². The van der Waals surface area contributed by atoms with Gasteiger partial charge < -0.3 is 0 Å². The van der Waals surface area contributed by atoms with Gasteiger partial charge in [0.05, 0.1) is 27.4 Å². The summed E-state index contributed by atoms with van der Waals surface area (Å²) in [6.07, 6.45) is 0. The van der Waals surface area contributed by atoms with Crippen molar-refractivity contribution in [3.63, 3.8) is 0 Å². The van der Waals surface area contributed by atoms with Crippen LogP contribution in [0.3, 0.4) is 0 Å². The molecule has 4 nitrogen and oxygen atoms in total. The maximum Gasteiger partial charge on any atom is 0.397 e. The molecule has 11 heavy (non-hydrogen) atoms. The first-order valence-electron chi connectivity index (χ1n) is 2.56. The van der Waals surface area contributed by atoms with Crippen molar-refractivity contribution in [3.05, 3.63) is 0 Å². The number of hydrogen-bond acceptors (Lipinski definition) is 4. The summed E-state index contributed by atoms with van der Waals surface area (Å²) in [5.41, 5.74) is 0. The fourth-order valence-electron chi connectivity index (χ4n) is 0.250. The van der Waals surface area contributed by atoms with Gasteiger partial charge in [-0.15, -0.1) is 0 Å². The van der Waals surface area contributed by atoms with Gasteiger partial charge in [0, 0.05) is 29.3 Å². The molecule has 1 radical (unpaired) electrons. The van der Waals surface area contributed by atoms with Crippen molar-refractivity contribution in [1.29, 1.82) is 5.26 Å². The molecule has 0 bridgehead atoms. The van der Waals surface area contributed by atoms with E-state index in [1.807, 2.05) is 0 Å². The van der Waals surface area contributed by atoms with E-state index in [4.69, 9.17) is 18.8 Å². The molecule has 0 rings (SSSR count). The first kappa shape index (κ1) is 17.6. The van der Waals surface area contributed by atoms with E-state index in [9.17, 15) is 0 Å². The molecule has 0 aromatic heterocycles. The number of nitrogens with zero attached hydrogens (tertiary/aromatic N) is 1. The molecule has 0 spiro atoms. The van der Waals surface area contributed by atoms with Crippen LogP contribution in [0.5, 0.6) is 0 Å². The molecule has 0 unspecified atom stereocenters. The Bertz CT molecular complexity index is 88.7. The minimum absolute atomic E-state index is 0. The normalized spacial score (nSPS) is 7.27. The summed E-state index contributed by atoms with van der Waals surface area (Å²) in [5.74, 6) is 0. The van der Waals surface area contributed by atoms with Crippen LogP contribution < -0.4 is 0 Å². The summed E-state index contributed by atoms with van der Waals surface area (Å²) in [6, 6.07) is 1.75. The topological polar surface area (TPSA) is 51.5 Å². The van der Waals surface area contributed by atoms with E-state index in [2.05, 4.69) is 0 Å². The van der Waals surface area contributed by atoms with Crippen LogP contribution in [0.25, 0.3) is 0 Å². The third-order valence-electron chi connectivity index (χ3n) is 0.500.